The Bertz CT molecular complexity index is 798. The molecule has 0 aliphatic carbocycles. The van der Waals surface area contributed by atoms with Crippen LogP contribution in [0.15, 0.2) is 24.4 Å². The number of pyridine rings is 1. The quantitative estimate of drug-likeness (QED) is 0.387. The molecule has 1 rings (SSSR count). The Labute approximate surface area is 112 Å². The zero-order chi connectivity index (χ0) is 22.1. The minimum absolute atomic E-state index is 0.944. The van der Waals surface area contributed by atoms with E-state index in [4.69, 9.17) is 15.4 Å². The molecular weight excluding hydrogens is 272 g/mol. The van der Waals surface area contributed by atoms with Crippen molar-refractivity contribution in [2.24, 2.45) is 0 Å². The molecule has 17 heavy (non-hydrogen) atoms. The Morgan fingerprint density at radius 3 is 2.59 bits per heavy atom. The van der Waals surface area contributed by atoms with Crippen LogP contribution in [-0.2, 0) is 15.5 Å². The molecular formula is C7H11NO7P2. The van der Waals surface area contributed by atoms with Crippen molar-refractivity contribution < 1.29 is 42.0 Å². The van der Waals surface area contributed by atoms with Crippen LogP contribution in [0.2, 0.25) is 0 Å². The third kappa shape index (κ3) is 3.00. The summed E-state index contributed by atoms with van der Waals surface area (Å²) < 4.78 is 106. The molecule has 0 saturated heterocycles. The van der Waals surface area contributed by atoms with Gasteiger partial charge in [-0.3, -0.25) is 14.1 Å². The molecule has 1 aromatic rings. The van der Waals surface area contributed by atoms with Crippen LogP contribution in [0.3, 0.4) is 0 Å². The van der Waals surface area contributed by atoms with Gasteiger partial charge in [0.25, 0.3) is 5.08 Å². The highest BCUT2D eigenvalue weighted by Gasteiger charge is 2.59. The topological polar surface area (TPSA) is 148 Å². The van der Waals surface area contributed by atoms with E-state index in [1.54, 1.807) is 0 Å². The molecule has 0 saturated carbocycles. The van der Waals surface area contributed by atoms with Gasteiger partial charge in [0.1, 0.15) is 0 Å². The molecule has 1 aromatic heterocycles. The summed E-state index contributed by atoms with van der Waals surface area (Å²) in [6.45, 7) is 0. The average molecular weight is 294 g/mol. The van der Waals surface area contributed by atoms with Gasteiger partial charge in [-0.2, -0.15) is 0 Å². The summed E-state index contributed by atoms with van der Waals surface area (Å²) in [6.07, 6.45) is -6.17. The summed E-state index contributed by atoms with van der Waals surface area (Å²) in [5, 5.41) is -0.336. The molecule has 8 nitrogen and oxygen atoms in total. The third-order valence-corrected chi connectivity index (χ3v) is 4.68. The number of hydrogen-bond donors (Lipinski definition) is 5. The number of aromatic nitrogens is 1. The Balaban J connectivity index is 4.20. The predicted molar refractivity (Wildman–Crippen MR) is 57.0 cm³/mol. The lowest BCUT2D eigenvalue weighted by molar-refractivity contribution is 0.131. The highest BCUT2D eigenvalue weighted by atomic mass is 31.2. The van der Waals surface area contributed by atoms with Gasteiger partial charge in [-0.25, -0.2) is 0 Å². The van der Waals surface area contributed by atoms with E-state index in [0.717, 1.165) is 0 Å². The molecule has 0 aliphatic rings. The Morgan fingerprint density at radius 1 is 1.41 bits per heavy atom. The highest BCUT2D eigenvalue weighted by Crippen LogP contribution is 2.68. The van der Waals surface area contributed by atoms with Gasteiger partial charge >= 0.3 is 15.2 Å². The normalized spacial score (nSPS) is 23.4. The maximum atomic E-state index is 12.7. The van der Waals surface area contributed by atoms with E-state index in [9.17, 15) is 9.13 Å². The fourth-order valence-electron chi connectivity index (χ4n) is 0.739. The van der Waals surface area contributed by atoms with Crippen LogP contribution in [-0.4, -0.2) is 41.9 Å². The van der Waals surface area contributed by atoms with Gasteiger partial charge in [0, 0.05) is 21.5 Å². The van der Waals surface area contributed by atoms with E-state index in [1.165, 1.54) is 0 Å². The third-order valence-electron chi connectivity index (χ3n) is 1.50. The summed E-state index contributed by atoms with van der Waals surface area (Å²) in [5.74, 6) is 0. The largest absolute Gasteiger partial charge is 0.369 e. The maximum Gasteiger partial charge on any atom is 0.369 e. The second kappa shape index (κ2) is 4.59. The highest BCUT2D eigenvalue weighted by molar-refractivity contribution is 7.72. The van der Waals surface area contributed by atoms with Crippen molar-refractivity contribution in [1.82, 2.24) is 4.98 Å². The second-order valence-electron chi connectivity index (χ2n) is 2.69. The standard InChI is InChI=1S/C7H11NO7P2/c9-7(16(10,11)12,17(13,14)15)4-6-2-1-3-8-5-6/h1-3,5,9H,4H2,(H2,10,11,12)(H2,13,14,15)/i1D,2D,3D,4D2,5D,9D/hD4. The van der Waals surface area contributed by atoms with E-state index in [-0.39, 0.29) is 0 Å². The first kappa shape index (κ1) is 5.19. The fraction of sp³-hybridized carbons (Fsp3) is 0.286. The van der Waals surface area contributed by atoms with Gasteiger partial charge in [0.15, 0.2) is 0 Å². The van der Waals surface area contributed by atoms with E-state index in [2.05, 4.69) is 29.7 Å². The first-order valence-electron chi connectivity index (χ1n) is 8.74. The van der Waals surface area contributed by atoms with Crippen LogP contribution in [0.1, 0.15) is 13.8 Å². The van der Waals surface area contributed by atoms with Crippen LogP contribution in [0.4, 0.5) is 0 Å². The Hall–Kier alpha value is -0.590. The molecule has 0 unspecified atom stereocenters. The summed E-state index contributed by atoms with van der Waals surface area (Å²) in [7, 11) is -11.9. The average Bonchev–Trinajstić information content (AvgIpc) is 2.65. The van der Waals surface area contributed by atoms with Crippen molar-refractivity contribution in [2.45, 2.75) is 11.5 Å². The van der Waals surface area contributed by atoms with Crippen LogP contribution >= 0.6 is 15.2 Å². The van der Waals surface area contributed by atoms with Gasteiger partial charge in [-0.15, -0.1) is 0 Å². The molecule has 0 bridgehead atoms. The fourth-order valence-corrected chi connectivity index (χ4v) is 2.44. The van der Waals surface area contributed by atoms with Gasteiger partial charge < -0.3 is 24.7 Å². The van der Waals surface area contributed by atoms with Crippen LogP contribution in [0.5, 0.6) is 0 Å². The van der Waals surface area contributed by atoms with Crippen molar-refractivity contribution in [3.63, 3.8) is 0 Å². The van der Waals surface area contributed by atoms with E-state index in [1.807, 2.05) is 0 Å². The molecule has 5 N–H and O–H groups in total. The van der Waals surface area contributed by atoms with Gasteiger partial charge in [-0.05, 0) is 11.6 Å². The molecule has 0 atom stereocenters. The van der Waals surface area contributed by atoms with E-state index >= 15 is 0 Å². The lowest BCUT2D eigenvalue weighted by atomic mass is 10.2. The molecule has 0 aliphatic heterocycles. The van der Waals surface area contributed by atoms with Crippen molar-refractivity contribution in [1.29, 1.82) is 7.16 Å². The molecule has 0 aromatic carbocycles. The minimum Gasteiger partial charge on any atom is -0.367 e. The molecule has 96 valence electrons. The Kier molecular flexibility index (Phi) is 1.40. The number of aliphatic hydroxyl groups is 1. The van der Waals surface area contributed by atoms with Crippen molar-refractivity contribution in [2.75, 3.05) is 0 Å². The summed E-state index contributed by atoms with van der Waals surface area (Å²) in [4.78, 5) is 17.6. The second-order valence-corrected chi connectivity index (χ2v) is 6.29. The first-order valence-corrected chi connectivity index (χ1v) is 6.78. The van der Waals surface area contributed by atoms with Crippen LogP contribution in [0.25, 0.3) is 0 Å². The zero-order valence-corrected chi connectivity index (χ0v) is 9.49. The monoisotopic (exact) mass is 294 g/mol. The van der Waals surface area contributed by atoms with Crippen molar-refractivity contribution in [3.8, 4) is 0 Å². The molecule has 10 heteroatoms. The lowest BCUT2D eigenvalue weighted by Gasteiger charge is -2.29. The molecule has 0 radical (unpaired) electrons. The van der Waals surface area contributed by atoms with E-state index < -0.39 is 56.6 Å². The van der Waals surface area contributed by atoms with Crippen molar-refractivity contribution >= 4 is 15.2 Å². The molecule has 0 spiro atoms. The van der Waals surface area contributed by atoms with Gasteiger partial charge in [-0.1, -0.05) is 6.04 Å². The van der Waals surface area contributed by atoms with Crippen molar-refractivity contribution in [3.05, 3.63) is 30.0 Å². The number of rotatable bonds is 9. The molecule has 1 heterocycles. The minimum atomic E-state index is -5.94. The molecule has 0 amide bonds. The summed E-state index contributed by atoms with van der Waals surface area (Å²) >= 11 is 0. The van der Waals surface area contributed by atoms with Crippen LogP contribution < -0.4 is 0 Å². The lowest BCUT2D eigenvalue weighted by Crippen LogP contribution is -2.31. The summed E-state index contributed by atoms with van der Waals surface area (Å²) in [6, 6.07) is -2.31. The van der Waals surface area contributed by atoms with E-state index in [0.29, 0.717) is 0 Å². The number of hydrogen-bond acceptors (Lipinski definition) is 8. The smallest absolute Gasteiger partial charge is 0.367 e. The molecule has 0 fully saturated rings. The van der Waals surface area contributed by atoms with Gasteiger partial charge in [0.05, 0.1) is 5.48 Å². The first-order chi connectivity index (χ1) is 12.8. The SMILES string of the molecule is [2H]OC(C([2H])([2H])c1c([2H])nc([2H])c([2H])c1[2H])(P(=O)(O[2H])O[2H])P(=O)(O[2H])O[2H]. The summed E-state index contributed by atoms with van der Waals surface area (Å²) in [5.41, 5.74) is -1.38. The predicted octanol–water partition coefficient (Wildman–Crippen LogP) is -0.374. The van der Waals surface area contributed by atoms with Crippen LogP contribution in [0, 0.1) is 0 Å². The zero-order valence-electron chi connectivity index (χ0n) is 18.7. The maximum absolute atomic E-state index is 12.7. The number of nitrogens with zero attached hydrogens (tertiary/aromatic N) is 1. The van der Waals surface area contributed by atoms with Gasteiger partial charge in [0.2, 0.25) is 7.16 Å². The Morgan fingerprint density at radius 2 is 2.06 bits per heavy atom.